The summed E-state index contributed by atoms with van der Waals surface area (Å²) in [5.74, 6) is 0. The van der Waals surface area contributed by atoms with Crippen LogP contribution in [0.5, 0.6) is 0 Å². The smallest absolute Gasteiger partial charge is 0.0382 e. The molecule has 0 nitrogen and oxygen atoms in total. The fourth-order valence-corrected chi connectivity index (χ4v) is 0. The van der Waals surface area contributed by atoms with Gasteiger partial charge in [-0.15, -0.1) is 13.2 Å². The van der Waals surface area contributed by atoms with E-state index in [0.717, 1.165) is 6.42 Å². The predicted octanol–water partition coefficient (Wildman–Crippen LogP) is 4.52. The van der Waals surface area contributed by atoms with Crippen LogP contribution < -0.4 is 0 Å². The molecule has 0 aliphatic rings. The molecule has 12 heavy (non-hydrogen) atoms. The van der Waals surface area contributed by atoms with Gasteiger partial charge in [-0.3, -0.25) is 0 Å². The van der Waals surface area contributed by atoms with Gasteiger partial charge in [-0.1, -0.05) is 43.9 Å². The second kappa shape index (κ2) is 22.5. The molecule has 0 spiro atoms. The molecule has 0 unspecified atom stereocenters. The molecule has 0 heterocycles. The molecule has 0 saturated heterocycles. The lowest BCUT2D eigenvalue weighted by Crippen LogP contribution is -1.43. The Bertz CT molecular complexity index is 108. The highest BCUT2D eigenvalue weighted by molar-refractivity contribution is 4.88. The molecule has 0 fully saturated rings. The van der Waals surface area contributed by atoms with Gasteiger partial charge in [-0.25, -0.2) is 0 Å². The first-order valence-corrected chi connectivity index (χ1v) is 4.03. The van der Waals surface area contributed by atoms with Crippen LogP contribution in [0.25, 0.3) is 0 Å². The lowest BCUT2D eigenvalue weighted by atomic mass is 10.4. The van der Waals surface area contributed by atoms with E-state index in [1.54, 1.807) is 12.2 Å². The second-order valence-electron chi connectivity index (χ2n) is 2.38. The van der Waals surface area contributed by atoms with Crippen LogP contribution >= 0.6 is 0 Å². The first kappa shape index (κ1) is 17.2. The molecule has 0 N–H and O–H groups in total. The summed E-state index contributed by atoms with van der Waals surface area (Å²) in [6.45, 7) is 19.8. The molecule has 0 amide bonds. The summed E-state index contributed by atoms with van der Waals surface area (Å²) in [7, 11) is 0. The van der Waals surface area contributed by atoms with Crippen molar-refractivity contribution in [3.63, 3.8) is 0 Å². The molecule has 0 aromatic rings. The lowest BCUT2D eigenvalue weighted by Gasteiger charge is -1.65. The van der Waals surface area contributed by atoms with Crippen molar-refractivity contribution in [3.8, 4) is 0 Å². The van der Waals surface area contributed by atoms with Gasteiger partial charge in [0.05, 0.1) is 0 Å². The van der Waals surface area contributed by atoms with Crippen molar-refractivity contribution in [2.24, 2.45) is 0 Å². The van der Waals surface area contributed by atoms with Crippen molar-refractivity contribution in [1.29, 1.82) is 0 Å². The minimum atomic E-state index is 1.08. The predicted molar refractivity (Wildman–Crippen MR) is 61.4 cm³/mol. The van der Waals surface area contributed by atoms with Crippen molar-refractivity contribution in [2.75, 3.05) is 0 Å². The van der Waals surface area contributed by atoms with Crippen molar-refractivity contribution in [2.45, 2.75) is 27.2 Å². The zero-order valence-electron chi connectivity index (χ0n) is 8.77. The molecule has 0 radical (unpaired) electrons. The van der Waals surface area contributed by atoms with Crippen LogP contribution in [0.1, 0.15) is 27.2 Å². The van der Waals surface area contributed by atoms with E-state index in [1.807, 2.05) is 19.9 Å². The number of hydrogen-bond donors (Lipinski definition) is 0. The highest BCUT2D eigenvalue weighted by atomic mass is 13.6. The topological polar surface area (TPSA) is 0 Å². The van der Waals surface area contributed by atoms with Crippen LogP contribution in [-0.4, -0.2) is 0 Å². The van der Waals surface area contributed by atoms with Gasteiger partial charge in [0.15, 0.2) is 0 Å². The van der Waals surface area contributed by atoms with E-state index in [2.05, 4.69) is 33.2 Å². The third-order valence-electron chi connectivity index (χ3n) is 0.455. The van der Waals surface area contributed by atoms with E-state index in [1.165, 1.54) is 5.57 Å². The summed E-state index contributed by atoms with van der Waals surface area (Å²) in [4.78, 5) is 0. The van der Waals surface area contributed by atoms with Gasteiger partial charge in [0.1, 0.15) is 0 Å². The maximum atomic E-state index is 3.56. The summed E-state index contributed by atoms with van der Waals surface area (Å²) in [6.07, 6.45) is 6.24. The van der Waals surface area contributed by atoms with E-state index in [4.69, 9.17) is 0 Å². The van der Waals surface area contributed by atoms with Crippen LogP contribution in [0.4, 0.5) is 0 Å². The number of hydrogen-bond acceptors (Lipinski definition) is 0. The van der Waals surface area contributed by atoms with Gasteiger partial charge < -0.3 is 0 Å². The van der Waals surface area contributed by atoms with Crippen LogP contribution in [0.2, 0.25) is 0 Å². The first-order valence-electron chi connectivity index (χ1n) is 4.03. The summed E-state index contributed by atoms with van der Waals surface area (Å²) >= 11 is 0. The fourth-order valence-electron chi connectivity index (χ4n) is 0. The Kier molecular flexibility index (Phi) is 32.2. The van der Waals surface area contributed by atoms with E-state index in [0.29, 0.717) is 0 Å². The minimum Gasteiger partial charge on any atom is -0.103 e. The maximum Gasteiger partial charge on any atom is -0.0382 e. The molecule has 0 bridgehead atoms. The normalized spacial score (nSPS) is 5.92. The summed E-state index contributed by atoms with van der Waals surface area (Å²) in [6, 6.07) is 0. The Morgan fingerprint density at radius 1 is 1.08 bits per heavy atom. The highest BCUT2D eigenvalue weighted by Gasteiger charge is 1.51. The Morgan fingerprint density at radius 3 is 1.25 bits per heavy atom. The molecule has 0 rings (SSSR count). The molecular weight excluding hydrogens is 144 g/mol. The molecule has 0 aromatic heterocycles. The van der Waals surface area contributed by atoms with Crippen molar-refractivity contribution >= 4 is 0 Å². The SMILES string of the molecule is C=C(C)C.C=CC=C.C=CCC. The Balaban J connectivity index is -0.000000101. The third kappa shape index (κ3) is 616. The number of rotatable bonds is 2. The van der Waals surface area contributed by atoms with E-state index >= 15 is 0 Å². The third-order valence-corrected chi connectivity index (χ3v) is 0.455. The average Bonchev–Trinajstić information content (AvgIpc) is 2.03. The minimum absolute atomic E-state index is 1.08. The monoisotopic (exact) mass is 166 g/mol. The van der Waals surface area contributed by atoms with Crippen LogP contribution in [0.15, 0.2) is 50.1 Å². The largest absolute Gasteiger partial charge is 0.103 e. The fraction of sp³-hybridized carbons (Fsp3) is 0.333. The van der Waals surface area contributed by atoms with Gasteiger partial charge in [0.2, 0.25) is 0 Å². The van der Waals surface area contributed by atoms with Crippen molar-refractivity contribution < 1.29 is 0 Å². The Morgan fingerprint density at radius 2 is 1.25 bits per heavy atom. The summed E-state index contributed by atoms with van der Waals surface area (Å²) < 4.78 is 0. The molecular formula is C12H22. The molecule has 0 aliphatic heterocycles. The van der Waals surface area contributed by atoms with Gasteiger partial charge in [-0.2, -0.15) is 0 Å². The first-order chi connectivity index (χ1) is 5.56. The van der Waals surface area contributed by atoms with Crippen molar-refractivity contribution in [3.05, 3.63) is 50.1 Å². The summed E-state index contributed by atoms with van der Waals surface area (Å²) in [5, 5.41) is 0. The maximum absolute atomic E-state index is 3.56. The zero-order valence-corrected chi connectivity index (χ0v) is 8.77. The second-order valence-corrected chi connectivity index (χ2v) is 2.38. The van der Waals surface area contributed by atoms with Gasteiger partial charge in [0.25, 0.3) is 0 Å². The zero-order chi connectivity index (χ0) is 10.4. The molecule has 0 heteroatoms. The molecule has 0 atom stereocenters. The highest BCUT2D eigenvalue weighted by Crippen LogP contribution is 1.73. The number of allylic oxidation sites excluding steroid dienone is 4. The van der Waals surface area contributed by atoms with Crippen LogP contribution in [-0.2, 0) is 0 Å². The Hall–Kier alpha value is -1.04. The molecule has 0 aliphatic carbocycles. The van der Waals surface area contributed by atoms with Gasteiger partial charge >= 0.3 is 0 Å². The molecule has 70 valence electrons. The van der Waals surface area contributed by atoms with Gasteiger partial charge in [0, 0.05) is 0 Å². The quantitative estimate of drug-likeness (QED) is 0.418. The van der Waals surface area contributed by atoms with Crippen LogP contribution in [0, 0.1) is 0 Å². The standard InChI is InChI=1S/2C4H8.C4H6/c1-4(2)3;2*1-3-4-2/h1H2,2-3H3;3H,1,4H2,2H3;3-4H,1-2H2. The van der Waals surface area contributed by atoms with E-state index in [-0.39, 0.29) is 0 Å². The van der Waals surface area contributed by atoms with Gasteiger partial charge in [-0.05, 0) is 20.3 Å². The lowest BCUT2D eigenvalue weighted by molar-refractivity contribution is 1.23. The summed E-state index contributed by atoms with van der Waals surface area (Å²) in [5.41, 5.74) is 1.17. The average molecular weight is 166 g/mol. The Labute approximate surface area is 78.0 Å². The molecule has 0 aromatic carbocycles. The van der Waals surface area contributed by atoms with E-state index in [9.17, 15) is 0 Å². The van der Waals surface area contributed by atoms with Crippen LogP contribution in [0.3, 0.4) is 0 Å². The van der Waals surface area contributed by atoms with E-state index < -0.39 is 0 Å². The van der Waals surface area contributed by atoms with Crippen molar-refractivity contribution in [1.82, 2.24) is 0 Å². The molecule has 0 saturated carbocycles.